The van der Waals surface area contributed by atoms with Crippen LogP contribution in [-0.2, 0) is 21.4 Å². The van der Waals surface area contributed by atoms with Crippen molar-refractivity contribution in [2.24, 2.45) is 10.9 Å². The van der Waals surface area contributed by atoms with Gasteiger partial charge in [0.25, 0.3) is 16.0 Å². The van der Waals surface area contributed by atoms with Crippen LogP contribution in [0.25, 0.3) is 10.9 Å². The van der Waals surface area contributed by atoms with Gasteiger partial charge in [-0.1, -0.05) is 17.7 Å². The van der Waals surface area contributed by atoms with E-state index >= 15 is 0 Å². The molecule has 1 unspecified atom stereocenters. The molecule has 11 heteroatoms. The zero-order valence-corrected chi connectivity index (χ0v) is 17.8. The number of halogens is 1. The van der Waals surface area contributed by atoms with Gasteiger partial charge in [0.05, 0.1) is 17.9 Å². The maximum atomic E-state index is 12.5. The van der Waals surface area contributed by atoms with Gasteiger partial charge in [-0.2, -0.15) is 13.5 Å². The fraction of sp³-hybridized carbons (Fsp3) is 0.444. The molecule has 0 radical (unpaired) electrons. The first-order valence-corrected chi connectivity index (χ1v) is 11.3. The number of amides is 1. The van der Waals surface area contributed by atoms with Crippen LogP contribution in [0.5, 0.6) is 0 Å². The number of carbonyl (C=O) groups excluding carboxylic acids is 1. The maximum absolute atomic E-state index is 12.5. The summed E-state index contributed by atoms with van der Waals surface area (Å²) in [5, 5.41) is 7.39. The van der Waals surface area contributed by atoms with E-state index in [2.05, 4.69) is 10.4 Å². The van der Waals surface area contributed by atoms with Crippen molar-refractivity contribution in [3.05, 3.63) is 34.5 Å². The number of aryl methyl sites for hydroxylation is 1. The van der Waals surface area contributed by atoms with Crippen LogP contribution in [-0.4, -0.2) is 42.6 Å². The summed E-state index contributed by atoms with van der Waals surface area (Å²) >= 11 is 6.39. The summed E-state index contributed by atoms with van der Waals surface area (Å²) in [6.07, 6.45) is 4.90. The molecule has 0 fully saturated rings. The van der Waals surface area contributed by atoms with E-state index in [1.807, 2.05) is 29.7 Å². The number of carbonyl (C=O) groups is 1. The van der Waals surface area contributed by atoms with Crippen LogP contribution in [0.4, 0.5) is 0 Å². The standard InChI is InChI=1S/C17H21ClN4O2.CH4O3S/c1-2-24-15-5-3-4-8-22-14(17(23)20-10-21-19)9-12-13(18)7-6-11(15)16(12)22;1-5(2,3)4/h6-7,9-10,15H,2-5,8,19H2,1H3,(H,20,21,23);1H3,(H,2,3,4). The van der Waals surface area contributed by atoms with Crippen LogP contribution < -0.4 is 11.2 Å². The van der Waals surface area contributed by atoms with Crippen LogP contribution >= 0.6 is 11.6 Å². The summed E-state index contributed by atoms with van der Waals surface area (Å²) in [4.78, 5) is 12.5. The van der Waals surface area contributed by atoms with E-state index in [1.165, 1.54) is 6.34 Å². The number of ether oxygens (including phenoxy) is 1. The van der Waals surface area contributed by atoms with Gasteiger partial charge in [0, 0.05) is 29.1 Å². The molecule has 1 aromatic heterocycles. The van der Waals surface area contributed by atoms with Crippen LogP contribution in [0.3, 0.4) is 0 Å². The van der Waals surface area contributed by atoms with Crippen molar-refractivity contribution in [3.63, 3.8) is 0 Å². The van der Waals surface area contributed by atoms with Gasteiger partial charge in [0.2, 0.25) is 0 Å². The number of rotatable bonds is 4. The Hall–Kier alpha value is -2.14. The average Bonchev–Trinajstić information content (AvgIpc) is 3.00. The lowest BCUT2D eigenvalue weighted by Crippen LogP contribution is -2.25. The van der Waals surface area contributed by atoms with Crippen LogP contribution in [0.1, 0.15) is 48.3 Å². The van der Waals surface area contributed by atoms with E-state index in [9.17, 15) is 13.2 Å². The molecular weight excluding hydrogens is 420 g/mol. The summed E-state index contributed by atoms with van der Waals surface area (Å²) in [6, 6.07) is 5.71. The summed E-state index contributed by atoms with van der Waals surface area (Å²) in [5.41, 5.74) is 2.62. The minimum atomic E-state index is -3.67. The Bertz CT molecular complexity index is 995. The smallest absolute Gasteiger partial charge is 0.273 e. The lowest BCUT2D eigenvalue weighted by molar-refractivity contribution is 0.0539. The van der Waals surface area contributed by atoms with Gasteiger partial charge >= 0.3 is 0 Å². The molecule has 1 aliphatic heterocycles. The van der Waals surface area contributed by atoms with Crippen molar-refractivity contribution >= 4 is 44.9 Å². The van der Waals surface area contributed by atoms with Crippen molar-refractivity contribution in [3.8, 4) is 0 Å². The molecule has 2 aromatic rings. The number of nitrogens with zero attached hydrogens (tertiary/aromatic N) is 2. The van der Waals surface area contributed by atoms with Gasteiger partial charge in [0.15, 0.2) is 0 Å². The van der Waals surface area contributed by atoms with Gasteiger partial charge in [0.1, 0.15) is 12.0 Å². The third kappa shape index (κ3) is 6.17. The molecule has 3 rings (SSSR count). The van der Waals surface area contributed by atoms with Gasteiger partial charge < -0.3 is 20.5 Å². The molecule has 160 valence electrons. The molecule has 1 aromatic carbocycles. The molecule has 2 heterocycles. The Kier molecular flexibility index (Phi) is 8.03. The number of hydrogen-bond acceptors (Lipinski definition) is 6. The highest BCUT2D eigenvalue weighted by atomic mass is 35.5. The third-order valence-electron chi connectivity index (χ3n) is 4.35. The Balaban J connectivity index is 0.000000537. The van der Waals surface area contributed by atoms with Gasteiger partial charge in [-0.15, -0.1) is 0 Å². The molecule has 0 saturated heterocycles. The number of nitrogens with one attached hydrogen (secondary N) is 1. The second-order valence-electron chi connectivity index (χ2n) is 6.50. The van der Waals surface area contributed by atoms with Crippen molar-refractivity contribution < 1.29 is 22.5 Å². The van der Waals surface area contributed by atoms with E-state index in [1.54, 1.807) is 0 Å². The van der Waals surface area contributed by atoms with Crippen molar-refractivity contribution in [2.45, 2.75) is 38.8 Å². The van der Waals surface area contributed by atoms with Crippen LogP contribution in [0.15, 0.2) is 23.3 Å². The molecule has 29 heavy (non-hydrogen) atoms. The number of hydrazone groups is 1. The summed E-state index contributed by atoms with van der Waals surface area (Å²) in [5.74, 6) is 4.81. The minimum Gasteiger partial charge on any atom is -0.374 e. The van der Waals surface area contributed by atoms with E-state index in [4.69, 9.17) is 26.7 Å². The molecule has 9 nitrogen and oxygen atoms in total. The Morgan fingerprint density at radius 2 is 2.17 bits per heavy atom. The topological polar surface area (TPSA) is 136 Å². The van der Waals surface area contributed by atoms with Crippen molar-refractivity contribution in [1.82, 2.24) is 9.88 Å². The van der Waals surface area contributed by atoms with Crippen LogP contribution in [0, 0.1) is 0 Å². The highest BCUT2D eigenvalue weighted by Gasteiger charge is 2.24. The average molecular weight is 445 g/mol. The normalized spacial score (nSPS) is 16.8. The Morgan fingerprint density at radius 3 is 2.79 bits per heavy atom. The zero-order valence-electron chi connectivity index (χ0n) is 16.3. The maximum Gasteiger partial charge on any atom is 0.273 e. The first-order valence-electron chi connectivity index (χ1n) is 9.05. The van der Waals surface area contributed by atoms with Crippen LogP contribution in [0.2, 0.25) is 5.02 Å². The summed E-state index contributed by atoms with van der Waals surface area (Å²) in [7, 11) is -3.67. The molecule has 4 N–H and O–H groups in total. The summed E-state index contributed by atoms with van der Waals surface area (Å²) < 4.78 is 33.8. The highest BCUT2D eigenvalue weighted by molar-refractivity contribution is 7.85. The number of hydrogen-bond donors (Lipinski definition) is 3. The summed E-state index contributed by atoms with van der Waals surface area (Å²) in [6.45, 7) is 3.41. The molecule has 0 saturated carbocycles. The predicted molar refractivity (Wildman–Crippen MR) is 113 cm³/mol. The lowest BCUT2D eigenvalue weighted by Gasteiger charge is -2.23. The van der Waals surface area contributed by atoms with Gasteiger partial charge in [-0.05, 0) is 38.3 Å². The fourth-order valence-corrected chi connectivity index (χ4v) is 3.56. The Labute approximate surface area is 174 Å². The third-order valence-corrected chi connectivity index (χ3v) is 4.68. The molecule has 0 bridgehead atoms. The minimum absolute atomic E-state index is 0.0187. The van der Waals surface area contributed by atoms with E-state index in [0.29, 0.717) is 23.6 Å². The van der Waals surface area contributed by atoms with E-state index in [-0.39, 0.29) is 12.0 Å². The highest BCUT2D eigenvalue weighted by Crippen LogP contribution is 2.37. The predicted octanol–water partition coefficient (Wildman–Crippen LogP) is 2.69. The molecule has 1 atom stereocenters. The largest absolute Gasteiger partial charge is 0.374 e. The molecular formula is C18H25ClN4O5S. The van der Waals surface area contributed by atoms with Gasteiger partial charge in [-0.25, -0.2) is 0 Å². The van der Waals surface area contributed by atoms with E-state index < -0.39 is 10.1 Å². The second-order valence-corrected chi connectivity index (χ2v) is 8.38. The van der Waals surface area contributed by atoms with Crippen molar-refractivity contribution in [2.75, 3.05) is 12.9 Å². The fourth-order valence-electron chi connectivity index (χ4n) is 3.35. The lowest BCUT2D eigenvalue weighted by atomic mass is 9.99. The first kappa shape index (κ1) is 23.1. The SMILES string of the molecule is CCOC1CCCCn2c(C(=O)NC=NN)cc3c(Cl)ccc1c32.CS(=O)(=O)O. The first-order chi connectivity index (χ1) is 13.7. The molecule has 1 aliphatic rings. The quantitative estimate of drug-likeness (QED) is 0.218. The number of benzene rings is 1. The second kappa shape index (κ2) is 10.1. The molecule has 1 amide bonds. The number of aromatic nitrogens is 1. The number of nitrogens with two attached hydrogens (primary N) is 1. The Morgan fingerprint density at radius 1 is 1.48 bits per heavy atom. The molecule has 0 spiro atoms. The van der Waals surface area contributed by atoms with E-state index in [0.717, 1.165) is 42.3 Å². The zero-order chi connectivity index (χ0) is 21.6. The van der Waals surface area contributed by atoms with Crippen molar-refractivity contribution in [1.29, 1.82) is 0 Å². The van der Waals surface area contributed by atoms with Gasteiger partial charge in [-0.3, -0.25) is 9.35 Å². The molecule has 0 aliphatic carbocycles. The monoisotopic (exact) mass is 444 g/mol.